The molecule has 9 heteroatoms. The number of carbonyl (C=O) groups excluding carboxylic acids is 1. The molecule has 1 aliphatic rings. The molecule has 0 aliphatic carbocycles. The number of rotatable bonds is 5. The average Bonchev–Trinajstić information content (AvgIpc) is 2.69. The minimum atomic E-state index is -3.70. The third-order valence-corrected chi connectivity index (χ3v) is 7.02. The number of halogens is 2. The van der Waals surface area contributed by atoms with E-state index in [9.17, 15) is 13.2 Å². The number of hydrogen-bond donors (Lipinski definition) is 0. The minimum Gasteiger partial charge on any atom is -0.457 e. The maximum atomic E-state index is 12.8. The number of esters is 1. The second-order valence-electron chi connectivity index (χ2n) is 6.32. The van der Waals surface area contributed by atoms with Gasteiger partial charge in [0.05, 0.1) is 33.7 Å². The first kappa shape index (κ1) is 21.1. The maximum Gasteiger partial charge on any atom is 0.338 e. The number of sulfonamides is 1. The monoisotopic (exact) mass is 443 g/mol. The molecule has 0 unspecified atom stereocenters. The van der Waals surface area contributed by atoms with Crippen molar-refractivity contribution in [2.24, 2.45) is 0 Å². The van der Waals surface area contributed by atoms with Gasteiger partial charge in [0.1, 0.15) is 6.61 Å². The molecule has 1 fully saturated rings. The fourth-order valence-corrected chi connectivity index (χ4v) is 4.53. The van der Waals surface area contributed by atoms with Crippen molar-refractivity contribution in [2.75, 3.05) is 26.3 Å². The highest BCUT2D eigenvalue weighted by molar-refractivity contribution is 7.89. The Bertz CT molecular complexity index is 988. The van der Waals surface area contributed by atoms with E-state index in [4.69, 9.17) is 32.7 Å². The number of aryl methyl sites for hydroxylation is 1. The van der Waals surface area contributed by atoms with Crippen LogP contribution in [0, 0.1) is 6.92 Å². The highest BCUT2D eigenvalue weighted by Crippen LogP contribution is 2.24. The van der Waals surface area contributed by atoms with Crippen LogP contribution in [0.4, 0.5) is 0 Å². The minimum absolute atomic E-state index is 0.00436. The molecule has 0 N–H and O–H groups in total. The van der Waals surface area contributed by atoms with Gasteiger partial charge in [-0.05, 0) is 42.3 Å². The molecule has 0 spiro atoms. The molecule has 2 aromatic carbocycles. The van der Waals surface area contributed by atoms with Crippen molar-refractivity contribution in [2.45, 2.75) is 18.4 Å². The molecular weight excluding hydrogens is 425 g/mol. The quantitative estimate of drug-likeness (QED) is 0.658. The van der Waals surface area contributed by atoms with Crippen molar-refractivity contribution < 1.29 is 22.7 Å². The van der Waals surface area contributed by atoms with E-state index in [1.165, 1.54) is 16.4 Å². The summed E-state index contributed by atoms with van der Waals surface area (Å²) in [5.41, 5.74) is 1.51. The summed E-state index contributed by atoms with van der Waals surface area (Å²) in [4.78, 5) is 12.6. The van der Waals surface area contributed by atoms with Gasteiger partial charge in [-0.2, -0.15) is 4.31 Å². The van der Waals surface area contributed by atoms with Crippen molar-refractivity contribution >= 4 is 39.2 Å². The fraction of sp³-hybridized carbons (Fsp3) is 0.316. The van der Waals surface area contributed by atoms with Crippen LogP contribution in [-0.4, -0.2) is 45.0 Å². The molecule has 0 saturated carbocycles. The zero-order valence-electron chi connectivity index (χ0n) is 15.2. The smallest absolute Gasteiger partial charge is 0.338 e. The van der Waals surface area contributed by atoms with Gasteiger partial charge in [0.15, 0.2) is 0 Å². The van der Waals surface area contributed by atoms with E-state index in [1.54, 1.807) is 31.2 Å². The van der Waals surface area contributed by atoms with Crippen LogP contribution in [0.1, 0.15) is 21.5 Å². The van der Waals surface area contributed by atoms with Crippen LogP contribution < -0.4 is 0 Å². The Morgan fingerprint density at radius 1 is 1.11 bits per heavy atom. The third kappa shape index (κ3) is 4.67. The lowest BCUT2D eigenvalue weighted by molar-refractivity contribution is 0.0471. The highest BCUT2D eigenvalue weighted by atomic mass is 35.5. The Labute approximate surface area is 174 Å². The van der Waals surface area contributed by atoms with E-state index in [2.05, 4.69) is 0 Å². The van der Waals surface area contributed by atoms with Crippen LogP contribution in [0.25, 0.3) is 0 Å². The zero-order chi connectivity index (χ0) is 20.3. The van der Waals surface area contributed by atoms with E-state index in [1.807, 2.05) is 0 Å². The predicted molar refractivity (Wildman–Crippen MR) is 106 cm³/mol. The van der Waals surface area contributed by atoms with Crippen molar-refractivity contribution in [1.29, 1.82) is 0 Å². The Morgan fingerprint density at radius 2 is 1.82 bits per heavy atom. The van der Waals surface area contributed by atoms with Gasteiger partial charge in [-0.15, -0.1) is 0 Å². The van der Waals surface area contributed by atoms with Gasteiger partial charge in [0.25, 0.3) is 0 Å². The summed E-state index contributed by atoms with van der Waals surface area (Å²) in [6, 6.07) is 9.39. The molecule has 1 aliphatic heterocycles. The van der Waals surface area contributed by atoms with E-state index >= 15 is 0 Å². The Hall–Kier alpha value is -1.64. The summed E-state index contributed by atoms with van der Waals surface area (Å²) in [5, 5.41) is 0.776. The Kier molecular flexibility index (Phi) is 6.62. The van der Waals surface area contributed by atoms with Crippen molar-refractivity contribution in [3.05, 3.63) is 63.1 Å². The molecule has 0 aromatic heterocycles. The highest BCUT2D eigenvalue weighted by Gasteiger charge is 2.27. The Morgan fingerprint density at radius 3 is 2.50 bits per heavy atom. The van der Waals surface area contributed by atoms with Gasteiger partial charge in [-0.1, -0.05) is 35.3 Å². The van der Waals surface area contributed by atoms with E-state index in [-0.39, 0.29) is 30.2 Å². The zero-order valence-corrected chi connectivity index (χ0v) is 17.5. The Balaban J connectivity index is 1.78. The van der Waals surface area contributed by atoms with Gasteiger partial charge in [0, 0.05) is 13.1 Å². The summed E-state index contributed by atoms with van der Waals surface area (Å²) in [6.07, 6.45) is 0. The van der Waals surface area contributed by atoms with Gasteiger partial charge >= 0.3 is 5.97 Å². The van der Waals surface area contributed by atoms with Crippen molar-refractivity contribution in [3.8, 4) is 0 Å². The summed E-state index contributed by atoms with van der Waals surface area (Å²) in [5.74, 6) is -0.609. The molecule has 0 radical (unpaired) electrons. The molecule has 0 atom stereocenters. The number of benzene rings is 2. The van der Waals surface area contributed by atoms with E-state index in [0.29, 0.717) is 34.4 Å². The molecular formula is C19H19Cl2NO5S. The molecule has 1 heterocycles. The van der Waals surface area contributed by atoms with Crippen molar-refractivity contribution in [1.82, 2.24) is 4.31 Å². The van der Waals surface area contributed by atoms with Crippen LogP contribution in [-0.2, 0) is 26.1 Å². The summed E-state index contributed by atoms with van der Waals surface area (Å²) < 4.78 is 37.5. The summed E-state index contributed by atoms with van der Waals surface area (Å²) in [6.45, 7) is 2.99. The molecule has 1 saturated heterocycles. The third-order valence-electron chi connectivity index (χ3n) is 4.39. The van der Waals surface area contributed by atoms with Crippen LogP contribution in [0.2, 0.25) is 10.0 Å². The molecule has 2 aromatic rings. The molecule has 150 valence electrons. The second kappa shape index (κ2) is 8.80. The molecule has 6 nitrogen and oxygen atoms in total. The summed E-state index contributed by atoms with van der Waals surface area (Å²) in [7, 11) is -3.70. The second-order valence-corrected chi connectivity index (χ2v) is 9.07. The van der Waals surface area contributed by atoms with Gasteiger partial charge < -0.3 is 9.47 Å². The normalized spacial score (nSPS) is 15.4. The lowest BCUT2D eigenvalue weighted by Gasteiger charge is -2.26. The van der Waals surface area contributed by atoms with Crippen molar-refractivity contribution in [3.63, 3.8) is 0 Å². The lowest BCUT2D eigenvalue weighted by atomic mass is 10.1. The maximum absolute atomic E-state index is 12.8. The standard InChI is InChI=1S/C19H19Cl2NO5S/c1-13-2-4-15(28(24,25)22-6-8-26-9-7-22)11-16(13)19(23)27-12-14-3-5-17(20)18(21)10-14/h2-5,10-11H,6-9,12H2,1H3. The topological polar surface area (TPSA) is 72.9 Å². The predicted octanol–water partition coefficient (Wildman–Crippen LogP) is 3.68. The van der Waals surface area contributed by atoms with Gasteiger partial charge in [-0.25, -0.2) is 13.2 Å². The lowest BCUT2D eigenvalue weighted by Crippen LogP contribution is -2.40. The van der Waals surface area contributed by atoms with Crippen LogP contribution in [0.5, 0.6) is 0 Å². The number of hydrogen-bond acceptors (Lipinski definition) is 5. The fourth-order valence-electron chi connectivity index (χ4n) is 2.77. The molecule has 28 heavy (non-hydrogen) atoms. The number of nitrogens with zero attached hydrogens (tertiary/aromatic N) is 1. The molecule has 3 rings (SSSR count). The van der Waals surface area contributed by atoms with E-state index in [0.717, 1.165) is 0 Å². The van der Waals surface area contributed by atoms with Crippen LogP contribution in [0.3, 0.4) is 0 Å². The largest absolute Gasteiger partial charge is 0.457 e. The van der Waals surface area contributed by atoms with Gasteiger partial charge in [-0.3, -0.25) is 0 Å². The first-order valence-electron chi connectivity index (χ1n) is 8.58. The molecule has 0 amide bonds. The molecule has 0 bridgehead atoms. The number of ether oxygens (including phenoxy) is 2. The first-order chi connectivity index (χ1) is 13.3. The van der Waals surface area contributed by atoms with Crippen LogP contribution >= 0.6 is 23.2 Å². The summed E-state index contributed by atoms with van der Waals surface area (Å²) >= 11 is 11.8. The number of carbonyl (C=O) groups is 1. The average molecular weight is 444 g/mol. The van der Waals surface area contributed by atoms with Crippen LogP contribution in [0.15, 0.2) is 41.3 Å². The van der Waals surface area contributed by atoms with E-state index < -0.39 is 16.0 Å². The number of morpholine rings is 1. The first-order valence-corrected chi connectivity index (χ1v) is 10.8. The SMILES string of the molecule is Cc1ccc(S(=O)(=O)N2CCOCC2)cc1C(=O)OCc1ccc(Cl)c(Cl)c1. The van der Waals surface area contributed by atoms with Gasteiger partial charge in [0.2, 0.25) is 10.0 Å².